The van der Waals surface area contributed by atoms with Crippen molar-refractivity contribution < 1.29 is 14.6 Å². The first-order valence-electron chi connectivity index (χ1n) is 5.03. The van der Waals surface area contributed by atoms with Crippen molar-refractivity contribution in [3.8, 4) is 0 Å². The van der Waals surface area contributed by atoms with Gasteiger partial charge in [-0.15, -0.1) is 0 Å². The van der Waals surface area contributed by atoms with Crippen molar-refractivity contribution >= 4 is 11.9 Å². The van der Waals surface area contributed by atoms with Crippen LogP contribution >= 0.6 is 0 Å². The van der Waals surface area contributed by atoms with Crippen molar-refractivity contribution in [2.75, 3.05) is 13.2 Å². The summed E-state index contributed by atoms with van der Waals surface area (Å²) in [6.07, 6.45) is 1.27. The fraction of sp³-hybridized carbons (Fsp3) is 0.750. The van der Waals surface area contributed by atoms with Gasteiger partial charge in [0.2, 0.25) is 0 Å². The normalized spacial score (nSPS) is 22.8. The third kappa shape index (κ3) is 3.71. The van der Waals surface area contributed by atoms with Crippen molar-refractivity contribution in [1.82, 2.24) is 10.6 Å². The molecule has 1 rings (SSSR count). The van der Waals surface area contributed by atoms with Crippen LogP contribution in [0.4, 0.5) is 0 Å². The van der Waals surface area contributed by atoms with E-state index in [9.17, 15) is 14.9 Å². The Morgan fingerprint density at radius 1 is 1.75 bits per heavy atom. The summed E-state index contributed by atoms with van der Waals surface area (Å²) in [5, 5.41) is 17.9. The Bertz CT molecular complexity index is 304. The molecule has 0 aromatic rings. The number of hydrogen-bond donors (Lipinski definition) is 2. The van der Waals surface area contributed by atoms with E-state index >= 15 is 0 Å². The van der Waals surface area contributed by atoms with Crippen LogP contribution in [0.5, 0.6) is 0 Å². The van der Waals surface area contributed by atoms with E-state index in [1.54, 1.807) is 6.92 Å². The molecule has 1 unspecified atom stereocenters. The van der Waals surface area contributed by atoms with Crippen LogP contribution < -0.4 is 10.6 Å². The predicted molar refractivity (Wildman–Crippen MR) is 55.2 cm³/mol. The zero-order valence-corrected chi connectivity index (χ0v) is 8.93. The number of nitrogens with zero attached hydrogens (tertiary/aromatic N) is 2. The lowest BCUT2D eigenvalue weighted by Gasteiger charge is -2.13. The van der Waals surface area contributed by atoms with Gasteiger partial charge >= 0.3 is 5.97 Å². The molecular formula is C8H14N4O4. The highest BCUT2D eigenvalue weighted by atomic mass is 16.7. The summed E-state index contributed by atoms with van der Waals surface area (Å²) in [7, 11) is 0. The molecule has 2 N–H and O–H groups in total. The van der Waals surface area contributed by atoms with Crippen LogP contribution in [0.25, 0.3) is 0 Å². The predicted octanol–water partition coefficient (Wildman–Crippen LogP) is -0.561. The first kappa shape index (κ1) is 12.2. The average Bonchev–Trinajstić information content (AvgIpc) is 2.43. The number of hydrogen-bond acceptors (Lipinski definition) is 4. The van der Waals surface area contributed by atoms with E-state index in [1.807, 2.05) is 0 Å². The molecule has 0 aromatic carbocycles. The van der Waals surface area contributed by atoms with Gasteiger partial charge < -0.3 is 15.4 Å². The van der Waals surface area contributed by atoms with Crippen molar-refractivity contribution in [2.45, 2.75) is 25.8 Å². The van der Waals surface area contributed by atoms with Crippen LogP contribution in [0.1, 0.15) is 19.8 Å². The topological polar surface area (TPSA) is 106 Å². The highest BCUT2D eigenvalue weighted by Gasteiger charge is 2.24. The molecule has 1 fully saturated rings. The van der Waals surface area contributed by atoms with E-state index in [2.05, 4.69) is 15.7 Å². The number of nitrogens with one attached hydrogen (secondary N) is 2. The molecular weight excluding hydrogens is 216 g/mol. The second kappa shape index (κ2) is 5.89. The summed E-state index contributed by atoms with van der Waals surface area (Å²) < 4.78 is 4.84. The molecule has 16 heavy (non-hydrogen) atoms. The Morgan fingerprint density at radius 3 is 3.12 bits per heavy atom. The van der Waals surface area contributed by atoms with Crippen molar-refractivity contribution in [3.63, 3.8) is 0 Å². The molecule has 0 radical (unpaired) electrons. The number of rotatable bonds is 3. The Balaban J connectivity index is 2.65. The molecule has 8 heteroatoms. The Morgan fingerprint density at radius 2 is 2.50 bits per heavy atom. The molecule has 0 spiro atoms. The number of esters is 1. The largest absolute Gasteiger partial charge is 0.464 e. The maximum atomic E-state index is 11.4. The minimum Gasteiger partial charge on any atom is -0.464 e. The number of ether oxygens (including phenoxy) is 1. The zero-order chi connectivity index (χ0) is 12.0. The molecule has 1 aliphatic rings. The van der Waals surface area contributed by atoms with E-state index in [1.165, 1.54) is 0 Å². The molecule has 1 heterocycles. The molecule has 0 aromatic heterocycles. The second-order valence-corrected chi connectivity index (χ2v) is 3.20. The Labute approximate surface area is 92.2 Å². The third-order valence-electron chi connectivity index (χ3n) is 2.03. The average molecular weight is 230 g/mol. The third-order valence-corrected chi connectivity index (χ3v) is 2.03. The lowest BCUT2D eigenvalue weighted by Crippen LogP contribution is -2.45. The van der Waals surface area contributed by atoms with E-state index in [-0.39, 0.29) is 12.6 Å². The number of guanidine groups is 1. The van der Waals surface area contributed by atoms with Gasteiger partial charge in [0.1, 0.15) is 11.1 Å². The lowest BCUT2D eigenvalue weighted by molar-refractivity contribution is -0.485. The van der Waals surface area contributed by atoms with Gasteiger partial charge in [-0.05, 0) is 19.8 Å². The van der Waals surface area contributed by atoms with Crippen molar-refractivity contribution in [2.24, 2.45) is 5.10 Å². The number of carbonyl (C=O) groups is 1. The zero-order valence-electron chi connectivity index (χ0n) is 8.93. The van der Waals surface area contributed by atoms with Crippen molar-refractivity contribution in [1.29, 1.82) is 0 Å². The minimum absolute atomic E-state index is 0.000512. The SMILES string of the molecule is CCOC(=O)C1CCCN/C(=N/[N+](=O)[O-])N1. The molecule has 8 nitrogen and oxygen atoms in total. The summed E-state index contributed by atoms with van der Waals surface area (Å²) >= 11 is 0. The lowest BCUT2D eigenvalue weighted by atomic mass is 10.2. The van der Waals surface area contributed by atoms with Gasteiger partial charge in [0.05, 0.1) is 6.61 Å². The number of carbonyl (C=O) groups excluding carboxylic acids is 1. The van der Waals surface area contributed by atoms with E-state index in [0.717, 1.165) is 0 Å². The molecule has 1 saturated heterocycles. The summed E-state index contributed by atoms with van der Waals surface area (Å²) in [6, 6.07) is -0.575. The fourth-order valence-electron chi connectivity index (χ4n) is 1.37. The van der Waals surface area contributed by atoms with Crippen LogP contribution in [-0.4, -0.2) is 36.2 Å². The Kier molecular flexibility index (Phi) is 4.49. The van der Waals surface area contributed by atoms with Gasteiger partial charge in [-0.25, -0.2) is 14.9 Å². The first-order chi connectivity index (χ1) is 7.63. The van der Waals surface area contributed by atoms with Gasteiger partial charge in [-0.2, -0.15) is 0 Å². The molecule has 90 valence electrons. The van der Waals surface area contributed by atoms with E-state index in [0.29, 0.717) is 19.4 Å². The van der Waals surface area contributed by atoms with Crippen molar-refractivity contribution in [3.05, 3.63) is 10.1 Å². The van der Waals surface area contributed by atoms with Crippen LogP contribution in [0.2, 0.25) is 0 Å². The first-order valence-corrected chi connectivity index (χ1v) is 5.03. The number of nitro groups is 1. The van der Waals surface area contributed by atoms with E-state index < -0.39 is 17.0 Å². The number of hydrazone groups is 1. The van der Waals surface area contributed by atoms with Crippen LogP contribution in [0.15, 0.2) is 5.10 Å². The molecule has 0 saturated carbocycles. The smallest absolute Gasteiger partial charge is 0.328 e. The maximum absolute atomic E-state index is 11.4. The molecule has 1 atom stereocenters. The van der Waals surface area contributed by atoms with E-state index in [4.69, 9.17) is 4.74 Å². The van der Waals surface area contributed by atoms with Crippen LogP contribution in [0.3, 0.4) is 0 Å². The van der Waals surface area contributed by atoms with Crippen LogP contribution in [0, 0.1) is 10.1 Å². The molecule has 1 aliphatic heterocycles. The summed E-state index contributed by atoms with van der Waals surface area (Å²) in [4.78, 5) is 21.6. The second-order valence-electron chi connectivity index (χ2n) is 3.20. The quantitative estimate of drug-likeness (QED) is 0.382. The molecule has 0 aliphatic carbocycles. The monoisotopic (exact) mass is 230 g/mol. The van der Waals surface area contributed by atoms with Gasteiger partial charge in [0.25, 0.3) is 5.96 Å². The molecule has 0 amide bonds. The maximum Gasteiger partial charge on any atom is 0.328 e. The Hall–Kier alpha value is -1.86. The standard InChI is InChI=1S/C8H14N4O4/c1-2-16-7(13)6-4-3-5-9-8(10-6)11-12(14)15/h6H,2-5H2,1H3,(H2,9,10,11). The summed E-state index contributed by atoms with van der Waals surface area (Å²) in [5.74, 6) is -0.414. The van der Waals surface area contributed by atoms with Gasteiger partial charge in [-0.1, -0.05) is 0 Å². The fourth-order valence-corrected chi connectivity index (χ4v) is 1.37. The van der Waals surface area contributed by atoms with Gasteiger partial charge in [-0.3, -0.25) is 0 Å². The van der Waals surface area contributed by atoms with Crippen LogP contribution in [-0.2, 0) is 9.53 Å². The van der Waals surface area contributed by atoms with Gasteiger partial charge in [0, 0.05) is 6.54 Å². The summed E-state index contributed by atoms with van der Waals surface area (Å²) in [6.45, 7) is 2.53. The van der Waals surface area contributed by atoms with Gasteiger partial charge in [0.15, 0.2) is 5.03 Å². The minimum atomic E-state index is -0.817. The highest BCUT2D eigenvalue weighted by molar-refractivity contribution is 5.86. The summed E-state index contributed by atoms with van der Waals surface area (Å²) in [5.41, 5.74) is 0. The highest BCUT2D eigenvalue weighted by Crippen LogP contribution is 2.02. The molecule has 0 bridgehead atoms.